The Balaban J connectivity index is 1.25. The topological polar surface area (TPSA) is 132 Å². The standard InChI is InChI=1S/C28H28N8O3S/c1-35-15-17(19-11-16(28(37)34-38)5-6-23(19)35)13-29-24-12-22-25(40-24)27(36-7-9-39-10-8-36)32-26(31-22)18-3-2-4-21-20(18)14-30-33-21/h2-6,11-12,14-15,26,29,32,38H,7-10,13H2,1H3,(H,30,33)(H,34,37). The molecule has 5 aromatic rings. The number of aromatic nitrogens is 3. The van der Waals surface area contributed by atoms with Crippen LogP contribution in [0.5, 0.6) is 0 Å². The predicted octanol–water partition coefficient (Wildman–Crippen LogP) is 2.17. The number of hydroxylamine groups is 1. The first-order valence-electron chi connectivity index (χ1n) is 13.1. The molecule has 1 saturated heterocycles. The number of amides is 1. The largest absolute Gasteiger partial charge is 0.378 e. The highest BCUT2D eigenvalue weighted by Gasteiger charge is 2.25. The van der Waals surface area contributed by atoms with Crippen LogP contribution in [0.4, 0.5) is 5.00 Å². The molecule has 0 saturated carbocycles. The molecular weight excluding hydrogens is 528 g/mol. The highest BCUT2D eigenvalue weighted by Crippen LogP contribution is 2.28. The lowest BCUT2D eigenvalue weighted by molar-refractivity contribution is 0.0605. The van der Waals surface area contributed by atoms with Gasteiger partial charge < -0.3 is 24.8 Å². The van der Waals surface area contributed by atoms with E-state index in [9.17, 15) is 4.79 Å². The number of carbonyl (C=O) groups is 1. The van der Waals surface area contributed by atoms with Crippen molar-refractivity contribution >= 4 is 49.9 Å². The van der Waals surface area contributed by atoms with E-state index in [1.807, 2.05) is 42.1 Å². The fraction of sp³-hybridized carbons (Fsp3) is 0.250. The summed E-state index contributed by atoms with van der Waals surface area (Å²) in [6, 6.07) is 13.7. The number of carbonyl (C=O) groups excluding carboxylic acids is 1. The van der Waals surface area contributed by atoms with Crippen molar-refractivity contribution in [1.82, 2.24) is 30.5 Å². The quantitative estimate of drug-likeness (QED) is 0.160. The summed E-state index contributed by atoms with van der Waals surface area (Å²) in [6.07, 6.45) is 3.67. The van der Waals surface area contributed by atoms with E-state index in [1.165, 1.54) is 0 Å². The Labute approximate surface area is 232 Å². The molecule has 0 radical (unpaired) electrons. The van der Waals surface area contributed by atoms with Crippen molar-refractivity contribution in [3.63, 3.8) is 0 Å². The molecule has 7 rings (SSSR count). The number of benzene rings is 2. The summed E-state index contributed by atoms with van der Waals surface area (Å²) in [6.45, 7) is 3.57. The first-order valence-corrected chi connectivity index (χ1v) is 13.9. The number of nitrogens with zero attached hydrogens (tertiary/aromatic N) is 4. The minimum absolute atomic E-state index is 0.247. The van der Waals surface area contributed by atoms with Gasteiger partial charge in [0.05, 0.1) is 39.8 Å². The second-order valence-electron chi connectivity index (χ2n) is 9.92. The van der Waals surface area contributed by atoms with Gasteiger partial charge in [0.15, 0.2) is 0 Å². The predicted molar refractivity (Wildman–Crippen MR) is 152 cm³/mol. The molecule has 3 aromatic heterocycles. The van der Waals surface area contributed by atoms with E-state index in [2.05, 4.69) is 44.1 Å². The van der Waals surface area contributed by atoms with Gasteiger partial charge in [0.2, 0.25) is 0 Å². The van der Waals surface area contributed by atoms with Crippen LogP contribution < -0.4 is 26.0 Å². The molecule has 0 bridgehead atoms. The van der Waals surface area contributed by atoms with Crippen LogP contribution in [0, 0.1) is 0 Å². The van der Waals surface area contributed by atoms with Crippen LogP contribution >= 0.6 is 11.3 Å². The molecule has 0 aliphatic carbocycles. The van der Waals surface area contributed by atoms with E-state index >= 15 is 0 Å². The van der Waals surface area contributed by atoms with Crippen LogP contribution in [0.1, 0.15) is 27.7 Å². The maximum atomic E-state index is 12.0. The van der Waals surface area contributed by atoms with Crippen LogP contribution in [-0.2, 0) is 18.3 Å². The van der Waals surface area contributed by atoms with Gasteiger partial charge in [-0.15, -0.1) is 11.3 Å². The monoisotopic (exact) mass is 556 g/mol. The van der Waals surface area contributed by atoms with Gasteiger partial charge >= 0.3 is 0 Å². The van der Waals surface area contributed by atoms with Gasteiger partial charge in [-0.05, 0) is 35.9 Å². The lowest BCUT2D eigenvalue weighted by Crippen LogP contribution is -2.47. The molecule has 11 nitrogen and oxygen atoms in total. The maximum absolute atomic E-state index is 12.0. The number of aromatic amines is 1. The van der Waals surface area contributed by atoms with E-state index in [-0.39, 0.29) is 6.17 Å². The van der Waals surface area contributed by atoms with E-state index in [0.717, 1.165) is 66.7 Å². The summed E-state index contributed by atoms with van der Waals surface area (Å²) in [5, 5.41) is 27.6. The molecule has 40 heavy (non-hydrogen) atoms. The highest BCUT2D eigenvalue weighted by molar-refractivity contribution is 7.14. The lowest BCUT2D eigenvalue weighted by Gasteiger charge is -2.34. The first kappa shape index (κ1) is 24.6. The second kappa shape index (κ2) is 9.97. The summed E-state index contributed by atoms with van der Waals surface area (Å²) in [4.78, 5) is 19.5. The number of hydrogen-bond acceptors (Lipinski definition) is 9. The van der Waals surface area contributed by atoms with Crippen LogP contribution in [0.15, 0.2) is 59.9 Å². The lowest BCUT2D eigenvalue weighted by atomic mass is 10.1. The normalized spacial score (nSPS) is 17.0. The molecule has 1 fully saturated rings. The molecule has 1 unspecified atom stereocenters. The van der Waals surface area contributed by atoms with E-state index in [1.54, 1.807) is 22.9 Å². The van der Waals surface area contributed by atoms with Crippen molar-refractivity contribution in [2.24, 2.45) is 12.0 Å². The maximum Gasteiger partial charge on any atom is 0.274 e. The number of aryl methyl sites for hydroxylation is 1. The summed E-state index contributed by atoms with van der Waals surface area (Å²) in [7, 11) is 1.98. The molecule has 0 spiro atoms. The molecule has 12 heteroatoms. The Morgan fingerprint density at radius 3 is 2.92 bits per heavy atom. The number of morpholine rings is 1. The third-order valence-corrected chi connectivity index (χ3v) is 8.59. The molecule has 5 heterocycles. The van der Waals surface area contributed by atoms with Gasteiger partial charge in [-0.1, -0.05) is 12.1 Å². The third kappa shape index (κ3) is 4.26. The van der Waals surface area contributed by atoms with Crippen molar-refractivity contribution in [3.05, 3.63) is 81.4 Å². The fourth-order valence-corrected chi connectivity index (χ4v) is 6.54. The molecule has 1 atom stereocenters. The summed E-state index contributed by atoms with van der Waals surface area (Å²) < 4.78 is 8.76. The number of hydrogen-bond donors (Lipinski definition) is 5. The third-order valence-electron chi connectivity index (χ3n) is 7.50. The molecule has 2 aliphatic heterocycles. The second-order valence-corrected chi connectivity index (χ2v) is 11.0. The van der Waals surface area contributed by atoms with Crippen LogP contribution in [0.2, 0.25) is 0 Å². The average Bonchev–Trinajstić information content (AvgIpc) is 3.72. The number of ether oxygens (including phenoxy) is 1. The zero-order chi connectivity index (χ0) is 27.2. The summed E-state index contributed by atoms with van der Waals surface area (Å²) in [5.74, 6) is 0.540. The number of fused-ring (bicyclic) bond motifs is 3. The van der Waals surface area contributed by atoms with Crippen molar-refractivity contribution < 1.29 is 14.7 Å². The van der Waals surface area contributed by atoms with Crippen molar-refractivity contribution in [3.8, 4) is 0 Å². The van der Waals surface area contributed by atoms with Crippen LogP contribution in [-0.4, -0.2) is 57.1 Å². The Morgan fingerprint density at radius 1 is 1.20 bits per heavy atom. The first-order chi connectivity index (χ1) is 19.6. The zero-order valence-electron chi connectivity index (χ0n) is 21.8. The van der Waals surface area contributed by atoms with Crippen molar-refractivity contribution in [2.45, 2.75) is 12.7 Å². The number of thiophene rings is 1. The zero-order valence-corrected chi connectivity index (χ0v) is 22.6. The van der Waals surface area contributed by atoms with E-state index < -0.39 is 5.91 Å². The SMILES string of the molecule is Cn1cc(CNc2cc3c(s2)=C(N2CCOCC2)NC(c2cccc4[nH]ncc24)N=3)c2cc(C(=O)NO)ccc21. The van der Waals surface area contributed by atoms with Gasteiger partial charge in [-0.25, -0.2) is 5.48 Å². The Hall–Kier alpha value is -4.39. The Bertz CT molecular complexity index is 1870. The Kier molecular flexibility index (Phi) is 6.14. The molecule has 1 amide bonds. The number of rotatable bonds is 6. The van der Waals surface area contributed by atoms with Gasteiger partial charge in [-0.3, -0.25) is 20.1 Å². The highest BCUT2D eigenvalue weighted by atomic mass is 32.1. The van der Waals surface area contributed by atoms with Crippen LogP contribution in [0.25, 0.3) is 27.6 Å². The van der Waals surface area contributed by atoms with Gasteiger partial charge in [0.1, 0.15) is 12.0 Å². The van der Waals surface area contributed by atoms with Gasteiger partial charge in [0.25, 0.3) is 5.91 Å². The minimum Gasteiger partial charge on any atom is -0.378 e. The number of anilines is 1. The van der Waals surface area contributed by atoms with Crippen LogP contribution in [0.3, 0.4) is 0 Å². The molecule has 2 aromatic carbocycles. The smallest absolute Gasteiger partial charge is 0.274 e. The molecule has 2 aliphatic rings. The summed E-state index contributed by atoms with van der Waals surface area (Å²) in [5.41, 5.74) is 6.23. The molecule has 204 valence electrons. The molecular formula is C28H28N8O3S. The number of H-pyrrole nitrogens is 1. The van der Waals surface area contributed by atoms with Gasteiger partial charge in [0, 0.05) is 60.3 Å². The average molecular weight is 557 g/mol. The van der Waals surface area contributed by atoms with Gasteiger partial charge in [-0.2, -0.15) is 5.10 Å². The van der Waals surface area contributed by atoms with Crippen molar-refractivity contribution in [2.75, 3.05) is 31.6 Å². The molecule has 5 N–H and O–H groups in total. The Morgan fingerprint density at radius 2 is 2.08 bits per heavy atom. The summed E-state index contributed by atoms with van der Waals surface area (Å²) >= 11 is 1.67. The minimum atomic E-state index is -0.531. The van der Waals surface area contributed by atoms with Crippen molar-refractivity contribution in [1.29, 1.82) is 0 Å². The van der Waals surface area contributed by atoms with E-state index in [4.69, 9.17) is 14.9 Å². The number of nitrogens with one attached hydrogen (secondary N) is 4. The fourth-order valence-electron chi connectivity index (χ4n) is 5.50. The van der Waals surface area contributed by atoms with E-state index in [0.29, 0.717) is 25.3 Å².